The molecule has 24 heavy (non-hydrogen) atoms. The van der Waals surface area contributed by atoms with Crippen molar-refractivity contribution < 1.29 is 9.53 Å². The number of aromatic nitrogens is 4. The quantitative estimate of drug-likeness (QED) is 0.733. The number of alkyl halides is 1. The van der Waals surface area contributed by atoms with Crippen LogP contribution in [-0.2, 0) is 9.53 Å². The molecule has 2 N–H and O–H groups in total. The number of carbonyl (C=O) groups excluding carboxylic acids is 1. The largest absolute Gasteiger partial charge is 0.378 e. The van der Waals surface area contributed by atoms with Gasteiger partial charge in [-0.1, -0.05) is 27.5 Å². The van der Waals surface area contributed by atoms with Crippen molar-refractivity contribution in [3.05, 3.63) is 23.2 Å². The van der Waals surface area contributed by atoms with Crippen LogP contribution in [0.1, 0.15) is 25.7 Å². The van der Waals surface area contributed by atoms with Gasteiger partial charge >= 0.3 is 0 Å². The third-order valence-corrected chi connectivity index (χ3v) is 4.95. The van der Waals surface area contributed by atoms with E-state index in [1.165, 1.54) is 0 Å². The van der Waals surface area contributed by atoms with Crippen LogP contribution in [0.3, 0.4) is 0 Å². The third-order valence-electron chi connectivity index (χ3n) is 3.85. The van der Waals surface area contributed by atoms with Crippen molar-refractivity contribution in [1.82, 2.24) is 20.6 Å². The highest BCUT2D eigenvalue weighted by Crippen LogP contribution is 2.28. The van der Waals surface area contributed by atoms with Gasteiger partial charge in [0.25, 0.3) is 0 Å². The molecule has 1 amide bonds. The van der Waals surface area contributed by atoms with E-state index in [4.69, 9.17) is 16.3 Å². The molecule has 1 aromatic heterocycles. The lowest BCUT2D eigenvalue weighted by Crippen LogP contribution is -2.29. The van der Waals surface area contributed by atoms with Gasteiger partial charge < -0.3 is 10.1 Å². The number of hydrogen-bond acceptors (Lipinski definition) is 5. The molecule has 0 spiro atoms. The van der Waals surface area contributed by atoms with E-state index in [9.17, 15) is 4.79 Å². The first-order valence-electron chi connectivity index (χ1n) is 7.73. The highest BCUT2D eigenvalue weighted by atomic mass is 79.9. The van der Waals surface area contributed by atoms with Crippen molar-refractivity contribution in [1.29, 1.82) is 0 Å². The molecule has 2 atom stereocenters. The van der Waals surface area contributed by atoms with Gasteiger partial charge in [-0.3, -0.25) is 4.79 Å². The molecule has 0 bridgehead atoms. The lowest BCUT2D eigenvalue weighted by Gasteiger charge is -2.24. The van der Waals surface area contributed by atoms with Crippen LogP contribution < -0.4 is 5.32 Å². The number of H-pyrrole nitrogens is 1. The topological polar surface area (TPSA) is 92.8 Å². The average molecular weight is 415 g/mol. The number of aromatic amines is 1. The van der Waals surface area contributed by atoms with Crippen molar-refractivity contribution in [2.45, 2.75) is 36.6 Å². The molecule has 7 nitrogen and oxygen atoms in total. The van der Waals surface area contributed by atoms with E-state index in [-0.39, 0.29) is 16.8 Å². The maximum Gasteiger partial charge on any atom is 0.238 e. The van der Waals surface area contributed by atoms with E-state index in [0.717, 1.165) is 25.9 Å². The van der Waals surface area contributed by atoms with E-state index in [1.807, 2.05) is 0 Å². The second-order valence-corrected chi connectivity index (χ2v) is 7.12. The molecule has 1 aliphatic heterocycles. The first-order chi connectivity index (χ1) is 11.6. The number of rotatable bonds is 5. The zero-order valence-corrected chi connectivity index (χ0v) is 15.2. The Bertz CT molecular complexity index is 691. The fraction of sp³-hybridized carbons (Fsp3) is 0.467. The number of nitrogens with one attached hydrogen (secondary N) is 2. The predicted octanol–water partition coefficient (Wildman–Crippen LogP) is 3.18. The zero-order valence-electron chi connectivity index (χ0n) is 12.8. The lowest BCUT2D eigenvalue weighted by atomic mass is 10.0. The monoisotopic (exact) mass is 413 g/mol. The molecule has 9 heteroatoms. The van der Waals surface area contributed by atoms with Crippen LogP contribution in [0, 0.1) is 0 Å². The van der Waals surface area contributed by atoms with Crippen molar-refractivity contribution in [2.24, 2.45) is 0 Å². The summed E-state index contributed by atoms with van der Waals surface area (Å²) in [5, 5.41) is 17.0. The molecule has 0 saturated carbocycles. The van der Waals surface area contributed by atoms with Crippen LogP contribution in [-0.4, -0.2) is 44.1 Å². The minimum absolute atomic E-state index is 0.118. The molecule has 2 heterocycles. The molecule has 2 aromatic rings. The number of amides is 1. The fourth-order valence-electron chi connectivity index (χ4n) is 2.60. The molecule has 0 radical (unpaired) electrons. The number of benzene rings is 1. The Balaban J connectivity index is 1.60. The van der Waals surface area contributed by atoms with Crippen molar-refractivity contribution in [3.8, 4) is 11.4 Å². The molecule has 1 aromatic carbocycles. The summed E-state index contributed by atoms with van der Waals surface area (Å²) in [6.45, 7) is 0.777. The van der Waals surface area contributed by atoms with E-state index < -0.39 is 0 Å². The number of ether oxygens (including phenoxy) is 1. The molecular formula is C15H17BrClN5O2. The van der Waals surface area contributed by atoms with Gasteiger partial charge in [0.2, 0.25) is 11.7 Å². The summed E-state index contributed by atoms with van der Waals surface area (Å²) >= 11 is 9.68. The minimum Gasteiger partial charge on any atom is -0.378 e. The molecule has 3 rings (SSSR count). The molecule has 1 aliphatic rings. The first kappa shape index (κ1) is 17.3. The average Bonchev–Trinajstić information content (AvgIpc) is 3.10. The Morgan fingerprint density at radius 2 is 2.38 bits per heavy atom. The number of nitrogens with zero attached hydrogens (tertiary/aromatic N) is 3. The smallest absolute Gasteiger partial charge is 0.238 e. The predicted molar refractivity (Wildman–Crippen MR) is 94.2 cm³/mol. The second kappa shape index (κ2) is 8.04. The summed E-state index contributed by atoms with van der Waals surface area (Å²) in [5.41, 5.74) is 1.26. The SMILES string of the molecule is O=C(Nc1ccc(-c2nn[nH]n2)c(Cl)c1)[C@H](Br)CC1CCCCO1. The molecule has 1 fully saturated rings. The zero-order chi connectivity index (χ0) is 16.9. The molecule has 1 saturated heterocycles. The van der Waals surface area contributed by atoms with Crippen LogP contribution in [0.2, 0.25) is 5.02 Å². The third kappa shape index (κ3) is 4.31. The Hall–Kier alpha value is -1.51. The van der Waals surface area contributed by atoms with Gasteiger partial charge in [0.15, 0.2) is 0 Å². The summed E-state index contributed by atoms with van der Waals surface area (Å²) in [7, 11) is 0. The molecule has 1 unspecified atom stereocenters. The fourth-order valence-corrected chi connectivity index (χ4v) is 3.40. The summed E-state index contributed by atoms with van der Waals surface area (Å²) in [6.07, 6.45) is 4.04. The first-order valence-corrected chi connectivity index (χ1v) is 9.03. The Labute approximate surface area is 152 Å². The van der Waals surface area contributed by atoms with Gasteiger partial charge in [-0.2, -0.15) is 5.21 Å². The van der Waals surface area contributed by atoms with Crippen LogP contribution in [0.4, 0.5) is 5.69 Å². The summed E-state index contributed by atoms with van der Waals surface area (Å²) < 4.78 is 5.67. The Morgan fingerprint density at radius 3 is 3.04 bits per heavy atom. The van der Waals surface area contributed by atoms with Gasteiger partial charge in [0, 0.05) is 17.9 Å². The molecular weight excluding hydrogens is 398 g/mol. The van der Waals surface area contributed by atoms with Gasteiger partial charge in [-0.15, -0.1) is 10.2 Å². The summed E-state index contributed by atoms with van der Waals surface area (Å²) in [6, 6.07) is 5.17. The highest BCUT2D eigenvalue weighted by molar-refractivity contribution is 9.10. The van der Waals surface area contributed by atoms with E-state index >= 15 is 0 Å². The maximum absolute atomic E-state index is 12.3. The van der Waals surface area contributed by atoms with Crippen LogP contribution in [0.5, 0.6) is 0 Å². The Morgan fingerprint density at radius 1 is 1.50 bits per heavy atom. The molecule has 0 aliphatic carbocycles. The second-order valence-electron chi connectivity index (χ2n) is 5.61. The van der Waals surface area contributed by atoms with Crippen LogP contribution in [0.25, 0.3) is 11.4 Å². The molecule has 128 valence electrons. The van der Waals surface area contributed by atoms with Crippen molar-refractivity contribution in [3.63, 3.8) is 0 Å². The number of hydrogen-bond donors (Lipinski definition) is 2. The van der Waals surface area contributed by atoms with Gasteiger partial charge in [0.1, 0.15) is 0 Å². The van der Waals surface area contributed by atoms with Crippen molar-refractivity contribution >= 4 is 39.1 Å². The van der Waals surface area contributed by atoms with E-state index in [0.29, 0.717) is 28.5 Å². The van der Waals surface area contributed by atoms with Crippen LogP contribution >= 0.6 is 27.5 Å². The standard InChI is InChI=1S/C15H17BrClN5O2/c16-12(8-10-3-1-2-6-24-10)15(23)18-9-4-5-11(13(17)7-9)14-19-21-22-20-14/h4-5,7,10,12H,1-3,6,8H2,(H,18,23)(H,19,20,21,22)/t10?,12-/m1/s1. The Kier molecular flexibility index (Phi) is 5.80. The minimum atomic E-state index is -0.309. The van der Waals surface area contributed by atoms with E-state index in [1.54, 1.807) is 18.2 Å². The number of tetrazole rings is 1. The summed E-state index contributed by atoms with van der Waals surface area (Å²) in [5.74, 6) is 0.290. The van der Waals surface area contributed by atoms with Crippen LogP contribution in [0.15, 0.2) is 18.2 Å². The highest BCUT2D eigenvalue weighted by Gasteiger charge is 2.23. The normalized spacial score (nSPS) is 19.0. The maximum atomic E-state index is 12.3. The number of carbonyl (C=O) groups is 1. The van der Waals surface area contributed by atoms with Crippen molar-refractivity contribution in [2.75, 3.05) is 11.9 Å². The number of halogens is 2. The van der Waals surface area contributed by atoms with Gasteiger partial charge in [0.05, 0.1) is 16.0 Å². The van der Waals surface area contributed by atoms with Gasteiger partial charge in [-0.25, -0.2) is 0 Å². The summed E-state index contributed by atoms with van der Waals surface area (Å²) in [4.78, 5) is 12.0. The lowest BCUT2D eigenvalue weighted by molar-refractivity contribution is -0.116. The van der Waals surface area contributed by atoms with Gasteiger partial charge in [-0.05, 0) is 49.1 Å². The van der Waals surface area contributed by atoms with E-state index in [2.05, 4.69) is 41.9 Å². The number of anilines is 1.